The number of aliphatic hydroxyl groups excluding tert-OH is 1. The van der Waals surface area contributed by atoms with Crippen molar-refractivity contribution in [1.29, 1.82) is 0 Å². The second-order valence-corrected chi connectivity index (χ2v) is 8.76. The van der Waals surface area contributed by atoms with Crippen LogP contribution in [-0.2, 0) is 14.8 Å². The van der Waals surface area contributed by atoms with Crippen molar-refractivity contribution in [3.63, 3.8) is 0 Å². The summed E-state index contributed by atoms with van der Waals surface area (Å²) < 4.78 is 39.1. The highest BCUT2D eigenvalue weighted by atomic mass is 35.5. The summed E-state index contributed by atoms with van der Waals surface area (Å²) >= 11 is 6.06. The standard InChI is InChI=1S/C20H25ClN2O6S/c1-5-29-16-11-13(22-20(25)18(24)12(2)3)9-10-17(16)30(26,27)23-15-8-6-7-14(21)19(15)28-4/h6-12,18,23-24H,5H2,1-4H3,(H,22,25)/t18-/m0/s1. The Bertz CT molecular complexity index is 1010. The number of ether oxygens (including phenoxy) is 2. The van der Waals surface area contributed by atoms with E-state index in [0.29, 0.717) is 5.69 Å². The van der Waals surface area contributed by atoms with Crippen LogP contribution in [0.25, 0.3) is 0 Å². The summed E-state index contributed by atoms with van der Waals surface area (Å²) in [6, 6.07) is 8.79. The Balaban J connectivity index is 2.38. The summed E-state index contributed by atoms with van der Waals surface area (Å²) in [7, 11) is -2.68. The van der Waals surface area contributed by atoms with Crippen molar-refractivity contribution in [2.75, 3.05) is 23.8 Å². The van der Waals surface area contributed by atoms with Crippen LogP contribution in [0.1, 0.15) is 20.8 Å². The van der Waals surface area contributed by atoms with E-state index in [1.165, 1.54) is 31.4 Å². The van der Waals surface area contributed by atoms with Crippen LogP contribution in [0.15, 0.2) is 41.3 Å². The molecule has 10 heteroatoms. The normalized spacial score (nSPS) is 12.4. The van der Waals surface area contributed by atoms with E-state index in [1.807, 2.05) is 0 Å². The summed E-state index contributed by atoms with van der Waals surface area (Å²) in [5.41, 5.74) is 0.465. The van der Waals surface area contributed by atoms with Crippen molar-refractivity contribution >= 4 is 38.9 Å². The van der Waals surface area contributed by atoms with Crippen LogP contribution >= 0.6 is 11.6 Å². The van der Waals surface area contributed by atoms with Gasteiger partial charge in [0.15, 0.2) is 5.75 Å². The Morgan fingerprint density at radius 1 is 1.23 bits per heavy atom. The highest BCUT2D eigenvalue weighted by Gasteiger charge is 2.24. The Morgan fingerprint density at radius 3 is 2.53 bits per heavy atom. The molecular weight excluding hydrogens is 432 g/mol. The van der Waals surface area contributed by atoms with Gasteiger partial charge in [-0.2, -0.15) is 0 Å². The number of carbonyl (C=O) groups is 1. The van der Waals surface area contributed by atoms with Gasteiger partial charge in [-0.25, -0.2) is 8.42 Å². The van der Waals surface area contributed by atoms with Crippen molar-refractivity contribution in [2.45, 2.75) is 31.8 Å². The third kappa shape index (κ3) is 5.56. The van der Waals surface area contributed by atoms with E-state index in [9.17, 15) is 18.3 Å². The van der Waals surface area contributed by atoms with Gasteiger partial charge in [-0.3, -0.25) is 9.52 Å². The maximum atomic E-state index is 13.0. The maximum Gasteiger partial charge on any atom is 0.265 e. The highest BCUT2D eigenvalue weighted by molar-refractivity contribution is 7.92. The molecule has 0 saturated carbocycles. The van der Waals surface area contributed by atoms with Gasteiger partial charge < -0.3 is 19.9 Å². The number of sulfonamides is 1. The van der Waals surface area contributed by atoms with Crippen molar-refractivity contribution < 1.29 is 27.8 Å². The van der Waals surface area contributed by atoms with Gasteiger partial charge in [-0.05, 0) is 37.1 Å². The van der Waals surface area contributed by atoms with Crippen molar-refractivity contribution in [3.05, 3.63) is 41.4 Å². The number of hydrogen-bond donors (Lipinski definition) is 3. The molecule has 0 spiro atoms. The zero-order chi connectivity index (χ0) is 22.5. The smallest absolute Gasteiger partial charge is 0.265 e. The van der Waals surface area contributed by atoms with E-state index in [2.05, 4.69) is 10.0 Å². The monoisotopic (exact) mass is 456 g/mol. The summed E-state index contributed by atoms with van der Waals surface area (Å²) in [5.74, 6) is -0.632. The van der Waals surface area contributed by atoms with Gasteiger partial charge in [0.05, 0.1) is 24.4 Å². The van der Waals surface area contributed by atoms with E-state index < -0.39 is 22.0 Å². The number of methoxy groups -OCH3 is 1. The number of benzene rings is 2. The lowest BCUT2D eigenvalue weighted by Gasteiger charge is -2.17. The number of nitrogens with one attached hydrogen (secondary N) is 2. The Labute approximate surface area is 181 Å². The first-order valence-electron chi connectivity index (χ1n) is 9.21. The van der Waals surface area contributed by atoms with E-state index in [-0.39, 0.29) is 39.6 Å². The molecule has 0 fully saturated rings. The number of aliphatic hydroxyl groups is 1. The first-order chi connectivity index (χ1) is 14.1. The fourth-order valence-corrected chi connectivity index (χ4v) is 4.03. The predicted octanol–water partition coefficient (Wildman–Crippen LogP) is 3.50. The van der Waals surface area contributed by atoms with E-state index in [0.717, 1.165) is 0 Å². The second-order valence-electron chi connectivity index (χ2n) is 6.70. The average Bonchev–Trinajstić information content (AvgIpc) is 2.67. The summed E-state index contributed by atoms with van der Waals surface area (Å²) in [6.45, 7) is 5.33. The summed E-state index contributed by atoms with van der Waals surface area (Å²) in [5, 5.41) is 12.7. The summed E-state index contributed by atoms with van der Waals surface area (Å²) in [6.07, 6.45) is -1.19. The van der Waals surface area contributed by atoms with Crippen molar-refractivity contribution in [1.82, 2.24) is 0 Å². The lowest BCUT2D eigenvalue weighted by Crippen LogP contribution is -2.31. The van der Waals surface area contributed by atoms with Crippen LogP contribution in [-0.4, -0.2) is 39.3 Å². The number of carbonyl (C=O) groups excluding carboxylic acids is 1. The molecule has 164 valence electrons. The van der Waals surface area contributed by atoms with Crippen LogP contribution in [0.2, 0.25) is 5.02 Å². The van der Waals surface area contributed by atoms with Crippen LogP contribution in [0.3, 0.4) is 0 Å². The molecule has 0 aliphatic rings. The van der Waals surface area contributed by atoms with E-state index in [4.69, 9.17) is 21.1 Å². The lowest BCUT2D eigenvalue weighted by atomic mass is 10.1. The number of rotatable bonds is 9. The van der Waals surface area contributed by atoms with Gasteiger partial charge in [0.25, 0.3) is 15.9 Å². The lowest BCUT2D eigenvalue weighted by molar-refractivity contribution is -0.125. The number of halogens is 1. The molecule has 0 aliphatic carbocycles. The molecule has 2 rings (SSSR count). The number of amides is 1. The van der Waals surface area contributed by atoms with Gasteiger partial charge in [0.2, 0.25) is 0 Å². The number of para-hydroxylation sites is 1. The zero-order valence-electron chi connectivity index (χ0n) is 17.1. The number of anilines is 2. The molecule has 0 unspecified atom stereocenters. The van der Waals surface area contributed by atoms with Crippen LogP contribution < -0.4 is 19.5 Å². The molecule has 2 aromatic carbocycles. The first kappa shape index (κ1) is 23.8. The molecule has 1 amide bonds. The van der Waals surface area contributed by atoms with Crippen LogP contribution in [0, 0.1) is 5.92 Å². The van der Waals surface area contributed by atoms with Gasteiger partial charge in [0.1, 0.15) is 16.7 Å². The molecule has 0 saturated heterocycles. The molecule has 0 bridgehead atoms. The molecule has 0 aromatic heterocycles. The Kier molecular flexibility index (Phi) is 7.94. The largest absolute Gasteiger partial charge is 0.493 e. The molecule has 3 N–H and O–H groups in total. The third-order valence-electron chi connectivity index (χ3n) is 4.12. The fourth-order valence-electron chi connectivity index (χ4n) is 2.59. The maximum absolute atomic E-state index is 13.0. The minimum Gasteiger partial charge on any atom is -0.493 e. The zero-order valence-corrected chi connectivity index (χ0v) is 18.7. The summed E-state index contributed by atoms with van der Waals surface area (Å²) in [4.78, 5) is 12.0. The van der Waals surface area contributed by atoms with Crippen molar-refractivity contribution in [3.8, 4) is 11.5 Å². The molecule has 0 aliphatic heterocycles. The number of hydrogen-bond acceptors (Lipinski definition) is 6. The molecule has 2 aromatic rings. The van der Waals surface area contributed by atoms with Gasteiger partial charge >= 0.3 is 0 Å². The van der Waals surface area contributed by atoms with Crippen molar-refractivity contribution in [2.24, 2.45) is 5.92 Å². The SMILES string of the molecule is CCOc1cc(NC(=O)[C@@H](O)C(C)C)ccc1S(=O)(=O)Nc1cccc(Cl)c1OC. The second kappa shape index (κ2) is 10.0. The van der Waals surface area contributed by atoms with Gasteiger partial charge in [0, 0.05) is 11.8 Å². The average molecular weight is 457 g/mol. The molecule has 0 heterocycles. The minimum absolute atomic E-state index is 0.0443. The predicted molar refractivity (Wildman–Crippen MR) is 116 cm³/mol. The third-order valence-corrected chi connectivity index (χ3v) is 5.82. The molecule has 0 radical (unpaired) electrons. The first-order valence-corrected chi connectivity index (χ1v) is 11.1. The van der Waals surface area contributed by atoms with Crippen LogP contribution in [0.4, 0.5) is 11.4 Å². The Hall–Kier alpha value is -2.49. The molecule has 1 atom stereocenters. The van der Waals surface area contributed by atoms with E-state index >= 15 is 0 Å². The van der Waals surface area contributed by atoms with Crippen LogP contribution in [0.5, 0.6) is 11.5 Å². The molecule has 30 heavy (non-hydrogen) atoms. The van der Waals surface area contributed by atoms with Gasteiger partial charge in [-0.15, -0.1) is 0 Å². The molecule has 8 nitrogen and oxygen atoms in total. The minimum atomic E-state index is -4.07. The van der Waals surface area contributed by atoms with Gasteiger partial charge in [-0.1, -0.05) is 31.5 Å². The molecular formula is C20H25ClN2O6S. The quantitative estimate of drug-likeness (QED) is 0.532. The topological polar surface area (TPSA) is 114 Å². The highest BCUT2D eigenvalue weighted by Crippen LogP contribution is 2.35. The fraction of sp³-hybridized carbons (Fsp3) is 0.350. The Morgan fingerprint density at radius 2 is 1.93 bits per heavy atom. The van der Waals surface area contributed by atoms with E-state index in [1.54, 1.807) is 32.9 Å².